The molecule has 0 radical (unpaired) electrons. The van der Waals surface area contributed by atoms with Gasteiger partial charge in [-0.1, -0.05) is 17.7 Å². The summed E-state index contributed by atoms with van der Waals surface area (Å²) >= 11 is 5.93. The molecule has 122 valence electrons. The second-order valence-electron chi connectivity index (χ2n) is 5.37. The van der Waals surface area contributed by atoms with Crippen molar-refractivity contribution in [3.05, 3.63) is 34.6 Å². The van der Waals surface area contributed by atoms with Crippen molar-refractivity contribution in [1.29, 1.82) is 0 Å². The van der Waals surface area contributed by atoms with Crippen LogP contribution in [0.5, 0.6) is 0 Å². The first-order valence-corrected chi connectivity index (χ1v) is 9.10. The van der Waals surface area contributed by atoms with Crippen LogP contribution >= 0.6 is 11.6 Å². The van der Waals surface area contributed by atoms with Crippen LogP contribution in [0.3, 0.4) is 0 Å². The van der Waals surface area contributed by atoms with Gasteiger partial charge in [-0.3, -0.25) is 0 Å². The first-order chi connectivity index (χ1) is 10.3. The highest BCUT2D eigenvalue weighted by molar-refractivity contribution is 7.92. The highest BCUT2D eigenvalue weighted by Gasteiger charge is 2.31. The first kappa shape index (κ1) is 17.0. The number of benzene rings is 1. The van der Waals surface area contributed by atoms with Crippen molar-refractivity contribution in [3.63, 3.8) is 0 Å². The average Bonchev–Trinajstić information content (AvgIpc) is 2.75. The van der Waals surface area contributed by atoms with Crippen LogP contribution in [0.25, 0.3) is 0 Å². The number of sulfone groups is 1. The van der Waals surface area contributed by atoms with Gasteiger partial charge in [-0.2, -0.15) is 0 Å². The monoisotopic (exact) mass is 348 g/mol. The molecule has 1 fully saturated rings. The third-order valence-electron chi connectivity index (χ3n) is 3.73. The summed E-state index contributed by atoms with van der Waals surface area (Å²) < 4.78 is 36.3. The zero-order chi connectivity index (χ0) is 16.3. The summed E-state index contributed by atoms with van der Waals surface area (Å²) in [6.07, 6.45) is 1.21. The zero-order valence-corrected chi connectivity index (χ0v) is 13.7. The van der Waals surface area contributed by atoms with Crippen molar-refractivity contribution in [2.45, 2.75) is 31.1 Å². The largest absolute Gasteiger partial charge is 0.337 e. The number of carbonyl (C=O) groups excluding carboxylic acids is 1. The van der Waals surface area contributed by atoms with E-state index in [2.05, 4.69) is 10.6 Å². The number of amides is 2. The van der Waals surface area contributed by atoms with Gasteiger partial charge in [-0.05, 0) is 37.5 Å². The molecule has 0 aliphatic carbocycles. The zero-order valence-electron chi connectivity index (χ0n) is 12.1. The van der Waals surface area contributed by atoms with Crippen molar-refractivity contribution in [2.75, 3.05) is 12.3 Å². The highest BCUT2D eigenvalue weighted by Crippen LogP contribution is 2.23. The van der Waals surface area contributed by atoms with Crippen LogP contribution in [0.2, 0.25) is 5.02 Å². The lowest BCUT2D eigenvalue weighted by Gasteiger charge is -2.17. The molecule has 1 heterocycles. The van der Waals surface area contributed by atoms with E-state index >= 15 is 0 Å². The Morgan fingerprint density at radius 2 is 2.23 bits per heavy atom. The molecule has 1 aromatic carbocycles. The lowest BCUT2D eigenvalue weighted by Crippen LogP contribution is -2.41. The summed E-state index contributed by atoms with van der Waals surface area (Å²) in [5.74, 6) is -0.264. The third-order valence-corrected chi connectivity index (χ3v) is 6.33. The fourth-order valence-corrected chi connectivity index (χ4v) is 4.57. The van der Waals surface area contributed by atoms with E-state index in [9.17, 15) is 17.6 Å². The van der Waals surface area contributed by atoms with Crippen LogP contribution < -0.4 is 10.6 Å². The maximum absolute atomic E-state index is 13.0. The van der Waals surface area contributed by atoms with Gasteiger partial charge in [0.15, 0.2) is 9.84 Å². The Morgan fingerprint density at radius 3 is 2.82 bits per heavy atom. The number of halogens is 2. The van der Waals surface area contributed by atoms with E-state index in [0.29, 0.717) is 18.4 Å². The number of urea groups is 1. The molecule has 1 aliphatic rings. The van der Waals surface area contributed by atoms with E-state index in [-0.39, 0.29) is 17.3 Å². The SMILES string of the molecule is C[C@@H](NC(=O)NC[C@H]1CCCS1(=O)=O)c1ccc(F)cc1Cl. The second kappa shape index (κ2) is 6.83. The van der Waals surface area contributed by atoms with Crippen LogP contribution in [0.15, 0.2) is 18.2 Å². The summed E-state index contributed by atoms with van der Waals surface area (Å²) in [7, 11) is -3.08. The molecule has 2 amide bonds. The maximum atomic E-state index is 13.0. The molecule has 2 rings (SSSR count). The number of hydrogen-bond donors (Lipinski definition) is 2. The van der Waals surface area contributed by atoms with Gasteiger partial charge in [0.2, 0.25) is 0 Å². The second-order valence-corrected chi connectivity index (χ2v) is 8.18. The Kier molecular flexibility index (Phi) is 5.28. The summed E-state index contributed by atoms with van der Waals surface area (Å²) in [6, 6.07) is 3.05. The molecule has 0 unspecified atom stereocenters. The minimum Gasteiger partial charge on any atom is -0.337 e. The minimum atomic E-state index is -3.08. The summed E-state index contributed by atoms with van der Waals surface area (Å²) in [6.45, 7) is 1.81. The molecule has 0 saturated carbocycles. The molecule has 0 aromatic heterocycles. The lowest BCUT2D eigenvalue weighted by molar-refractivity contribution is 0.238. The topological polar surface area (TPSA) is 75.3 Å². The summed E-state index contributed by atoms with van der Waals surface area (Å²) in [5.41, 5.74) is 0.590. The van der Waals surface area contributed by atoms with Gasteiger partial charge in [-0.15, -0.1) is 0 Å². The van der Waals surface area contributed by atoms with Gasteiger partial charge >= 0.3 is 6.03 Å². The van der Waals surface area contributed by atoms with Crippen molar-refractivity contribution in [3.8, 4) is 0 Å². The smallest absolute Gasteiger partial charge is 0.315 e. The van der Waals surface area contributed by atoms with E-state index in [0.717, 1.165) is 0 Å². The standard InChI is InChI=1S/C14H18ClFN2O3S/c1-9(12-5-4-10(16)7-13(12)15)18-14(19)17-8-11-3-2-6-22(11,20)21/h4-5,7,9,11H,2-3,6,8H2,1H3,(H2,17,18,19)/t9-,11-/m1/s1. The van der Waals surface area contributed by atoms with Crippen LogP contribution in [0, 0.1) is 5.82 Å². The quantitative estimate of drug-likeness (QED) is 0.877. The van der Waals surface area contributed by atoms with Crippen LogP contribution in [0.1, 0.15) is 31.4 Å². The normalized spacial score (nSPS) is 21.3. The Morgan fingerprint density at radius 1 is 1.50 bits per heavy atom. The Hall–Kier alpha value is -1.34. The van der Waals surface area contributed by atoms with Crippen molar-refractivity contribution in [1.82, 2.24) is 10.6 Å². The third kappa shape index (κ3) is 4.10. The predicted molar refractivity (Wildman–Crippen MR) is 83.2 cm³/mol. The summed E-state index contributed by atoms with van der Waals surface area (Å²) in [5, 5.41) is 4.94. The van der Waals surface area contributed by atoms with Gasteiger partial charge in [0, 0.05) is 11.6 Å². The predicted octanol–water partition coefficient (Wildman–Crippen LogP) is 2.42. The average molecular weight is 349 g/mol. The molecule has 8 heteroatoms. The molecule has 1 aliphatic heterocycles. The van der Waals surface area contributed by atoms with E-state index in [4.69, 9.17) is 11.6 Å². The Bertz CT molecular complexity index is 666. The van der Waals surface area contributed by atoms with Crippen molar-refractivity contribution >= 4 is 27.5 Å². The van der Waals surface area contributed by atoms with Gasteiger partial charge in [0.1, 0.15) is 5.82 Å². The minimum absolute atomic E-state index is 0.0953. The number of carbonyl (C=O) groups is 1. The van der Waals surface area contributed by atoms with Crippen LogP contribution in [0.4, 0.5) is 9.18 Å². The van der Waals surface area contributed by atoms with E-state index in [1.165, 1.54) is 18.2 Å². The molecule has 0 spiro atoms. The molecular formula is C14H18ClFN2O3S. The van der Waals surface area contributed by atoms with Crippen molar-refractivity contribution < 1.29 is 17.6 Å². The van der Waals surface area contributed by atoms with Gasteiger partial charge in [-0.25, -0.2) is 17.6 Å². The van der Waals surface area contributed by atoms with Gasteiger partial charge in [0.05, 0.1) is 17.0 Å². The molecule has 22 heavy (non-hydrogen) atoms. The fraction of sp³-hybridized carbons (Fsp3) is 0.500. The van der Waals surface area contributed by atoms with Gasteiger partial charge < -0.3 is 10.6 Å². The lowest BCUT2D eigenvalue weighted by atomic mass is 10.1. The first-order valence-electron chi connectivity index (χ1n) is 7.00. The molecular weight excluding hydrogens is 331 g/mol. The van der Waals surface area contributed by atoms with E-state index in [1.54, 1.807) is 6.92 Å². The van der Waals surface area contributed by atoms with Crippen LogP contribution in [-0.2, 0) is 9.84 Å². The number of rotatable bonds is 4. The van der Waals surface area contributed by atoms with Crippen LogP contribution in [-0.4, -0.2) is 32.0 Å². The van der Waals surface area contributed by atoms with E-state index < -0.39 is 33.0 Å². The molecule has 2 N–H and O–H groups in total. The molecule has 5 nitrogen and oxygen atoms in total. The molecule has 0 bridgehead atoms. The summed E-state index contributed by atoms with van der Waals surface area (Å²) in [4.78, 5) is 11.8. The Labute approximate surface area is 134 Å². The fourth-order valence-electron chi connectivity index (χ4n) is 2.47. The molecule has 1 saturated heterocycles. The Balaban J connectivity index is 1.89. The van der Waals surface area contributed by atoms with Gasteiger partial charge in [0.25, 0.3) is 0 Å². The maximum Gasteiger partial charge on any atom is 0.315 e. The molecule has 2 atom stereocenters. The number of hydrogen-bond acceptors (Lipinski definition) is 3. The van der Waals surface area contributed by atoms with E-state index in [1.807, 2.05) is 0 Å². The van der Waals surface area contributed by atoms with Crippen molar-refractivity contribution in [2.24, 2.45) is 0 Å². The number of nitrogens with one attached hydrogen (secondary N) is 2. The molecule has 1 aromatic rings. The highest BCUT2D eigenvalue weighted by atomic mass is 35.5.